The number of allylic oxidation sites excluding steroid dienone is 4. The summed E-state index contributed by atoms with van der Waals surface area (Å²) in [6.07, 6.45) is 6.96. The van der Waals surface area contributed by atoms with Gasteiger partial charge in [-0.1, -0.05) is 24.3 Å². The summed E-state index contributed by atoms with van der Waals surface area (Å²) < 4.78 is 0. The van der Waals surface area contributed by atoms with Crippen molar-refractivity contribution < 1.29 is 19.2 Å². The third kappa shape index (κ3) is 5.56. The van der Waals surface area contributed by atoms with Gasteiger partial charge in [-0.05, 0) is 25.7 Å². The fourth-order valence-electron chi connectivity index (χ4n) is 2.02. The fraction of sp³-hybridized carbons (Fsp3) is 0.333. The summed E-state index contributed by atoms with van der Waals surface area (Å²) in [5, 5.41) is 0. The van der Waals surface area contributed by atoms with Gasteiger partial charge in [0, 0.05) is 11.8 Å². The van der Waals surface area contributed by atoms with E-state index in [0.717, 1.165) is 0 Å². The van der Waals surface area contributed by atoms with Crippen LogP contribution in [0.25, 0.3) is 0 Å². The van der Waals surface area contributed by atoms with Crippen LogP contribution < -0.4 is 0 Å². The Morgan fingerprint density at radius 1 is 0.591 bits per heavy atom. The monoisotopic (exact) mass is 302 g/mol. The molecule has 0 amide bonds. The molecule has 0 aliphatic rings. The highest BCUT2D eigenvalue weighted by molar-refractivity contribution is 6.78. The first kappa shape index (κ1) is 19.6. The average Bonchev–Trinajstić information content (AvgIpc) is 2.51. The van der Waals surface area contributed by atoms with Crippen molar-refractivity contribution in [2.45, 2.75) is 25.7 Å². The smallest absolute Gasteiger partial charge is 0.272 e. The van der Waals surface area contributed by atoms with Gasteiger partial charge in [-0.2, -0.15) is 0 Å². The highest BCUT2D eigenvalue weighted by Gasteiger charge is 2.35. The van der Waals surface area contributed by atoms with E-state index in [4.69, 9.17) is 0 Å². The van der Waals surface area contributed by atoms with Crippen LogP contribution in [0.15, 0.2) is 50.6 Å². The summed E-state index contributed by atoms with van der Waals surface area (Å²) in [4.78, 5) is 48.0. The zero-order valence-electron chi connectivity index (χ0n) is 12.8. The van der Waals surface area contributed by atoms with Crippen LogP contribution in [0.5, 0.6) is 0 Å². The van der Waals surface area contributed by atoms with E-state index in [0.29, 0.717) is 0 Å². The van der Waals surface area contributed by atoms with Gasteiger partial charge in [0.1, 0.15) is 0 Å². The van der Waals surface area contributed by atoms with Crippen molar-refractivity contribution in [3.8, 4) is 0 Å². The number of ketones is 4. The molecule has 0 unspecified atom stereocenters. The van der Waals surface area contributed by atoms with Gasteiger partial charge in [0.05, 0.1) is 0 Å². The molecule has 0 aromatic carbocycles. The molecule has 0 aromatic rings. The van der Waals surface area contributed by atoms with Crippen LogP contribution >= 0.6 is 0 Å². The molecule has 0 saturated heterocycles. The lowest BCUT2D eigenvalue weighted by atomic mass is 9.87. The molecule has 118 valence electrons. The number of rotatable bonds is 13. The average molecular weight is 302 g/mol. The van der Waals surface area contributed by atoms with E-state index in [1.165, 1.54) is 24.3 Å². The molecule has 0 N–H and O–H groups in total. The van der Waals surface area contributed by atoms with Crippen molar-refractivity contribution in [2.24, 2.45) is 11.8 Å². The summed E-state index contributed by atoms with van der Waals surface area (Å²) >= 11 is 0. The van der Waals surface area contributed by atoms with E-state index in [1.54, 1.807) is 0 Å². The topological polar surface area (TPSA) is 68.3 Å². The zero-order chi connectivity index (χ0) is 17.1. The molecule has 0 aromatic heterocycles. The van der Waals surface area contributed by atoms with Crippen LogP contribution in [-0.4, -0.2) is 23.1 Å². The van der Waals surface area contributed by atoms with Gasteiger partial charge < -0.3 is 0 Å². The summed E-state index contributed by atoms with van der Waals surface area (Å²) in [7, 11) is 0. The molecule has 0 saturated carbocycles. The van der Waals surface area contributed by atoms with Crippen LogP contribution in [-0.2, 0) is 19.2 Å². The molecule has 0 bridgehead atoms. The number of hydrogen-bond acceptors (Lipinski definition) is 4. The van der Waals surface area contributed by atoms with E-state index in [2.05, 4.69) is 26.3 Å². The molecule has 0 aliphatic heterocycles. The Balaban J connectivity index is 5.11. The maximum Gasteiger partial charge on any atom is 0.272 e. The highest BCUT2D eigenvalue weighted by atomic mass is 16.2. The molecule has 0 spiro atoms. The molecule has 22 heavy (non-hydrogen) atoms. The predicted octanol–water partition coefficient (Wildman–Crippen LogP) is 2.80. The molecule has 0 rings (SSSR count). The lowest BCUT2D eigenvalue weighted by Gasteiger charge is -2.12. The van der Waals surface area contributed by atoms with Gasteiger partial charge in [-0.15, -0.1) is 26.3 Å². The summed E-state index contributed by atoms with van der Waals surface area (Å²) in [5.74, 6) is -5.66. The molecule has 0 fully saturated rings. The molecule has 0 radical (unpaired) electrons. The van der Waals surface area contributed by atoms with Crippen LogP contribution in [0.1, 0.15) is 25.7 Å². The van der Waals surface area contributed by atoms with Gasteiger partial charge in [-0.3, -0.25) is 19.2 Å². The van der Waals surface area contributed by atoms with Crippen LogP contribution in [0.2, 0.25) is 0 Å². The Hall–Kier alpha value is -2.36. The molecule has 0 heterocycles. The molecule has 0 aliphatic carbocycles. The Bertz CT molecular complexity index is 433. The Morgan fingerprint density at radius 2 is 0.818 bits per heavy atom. The van der Waals surface area contributed by atoms with Gasteiger partial charge in [-0.25, -0.2) is 0 Å². The second-order valence-electron chi connectivity index (χ2n) is 4.88. The Kier molecular flexibility index (Phi) is 9.27. The van der Waals surface area contributed by atoms with Crippen molar-refractivity contribution >= 4 is 23.1 Å². The zero-order valence-corrected chi connectivity index (χ0v) is 12.8. The van der Waals surface area contributed by atoms with Crippen molar-refractivity contribution in [1.29, 1.82) is 0 Å². The lowest BCUT2D eigenvalue weighted by molar-refractivity contribution is -0.150. The van der Waals surface area contributed by atoms with E-state index in [-0.39, 0.29) is 25.7 Å². The second kappa shape index (κ2) is 10.4. The Morgan fingerprint density at radius 3 is 1.00 bits per heavy atom. The molecule has 0 atom stereocenters. The fourth-order valence-corrected chi connectivity index (χ4v) is 2.02. The van der Waals surface area contributed by atoms with Crippen LogP contribution in [0, 0.1) is 11.8 Å². The largest absolute Gasteiger partial charge is 0.290 e. The van der Waals surface area contributed by atoms with Crippen molar-refractivity contribution in [2.75, 3.05) is 0 Å². The lowest BCUT2D eigenvalue weighted by Crippen LogP contribution is -2.37. The second-order valence-corrected chi connectivity index (χ2v) is 4.88. The highest BCUT2D eigenvalue weighted by Crippen LogP contribution is 2.15. The van der Waals surface area contributed by atoms with Gasteiger partial charge in [0.25, 0.3) is 11.6 Å². The van der Waals surface area contributed by atoms with Crippen molar-refractivity contribution in [3.05, 3.63) is 50.6 Å². The molecular weight excluding hydrogens is 280 g/mol. The van der Waals surface area contributed by atoms with Crippen LogP contribution in [0.3, 0.4) is 0 Å². The maximum atomic E-state index is 12.0. The molecule has 4 heteroatoms. The Labute approximate surface area is 131 Å². The summed E-state index contributed by atoms with van der Waals surface area (Å²) in [6.45, 7) is 14.0. The maximum absolute atomic E-state index is 12.0. The van der Waals surface area contributed by atoms with E-state index in [1.807, 2.05) is 0 Å². The number of carbonyl (C=O) groups excluding carboxylic acids is 4. The first-order valence-electron chi connectivity index (χ1n) is 7.04. The quantitative estimate of drug-likeness (QED) is 0.298. The minimum atomic E-state index is -1.27. The van der Waals surface area contributed by atoms with E-state index >= 15 is 0 Å². The number of Topliss-reactive ketones (excluding diaryl/α,β-unsaturated/α-hetero) is 4. The SMILES string of the molecule is C=CCC(CC=C)C(=O)C(=O)C(=O)C(=O)C(CC=C)CC=C. The van der Waals surface area contributed by atoms with Crippen LogP contribution in [0.4, 0.5) is 0 Å². The standard InChI is InChI=1S/C18H22O4/c1-5-9-13(10-6-2)15(19)17(21)18(22)16(20)14(11-7-3)12-8-4/h5-8,13-14H,1-4,9-12H2. The predicted molar refractivity (Wildman–Crippen MR) is 86.3 cm³/mol. The van der Waals surface area contributed by atoms with E-state index in [9.17, 15) is 19.2 Å². The minimum absolute atomic E-state index is 0.251. The third-order valence-electron chi connectivity index (χ3n) is 3.20. The van der Waals surface area contributed by atoms with Gasteiger partial charge >= 0.3 is 0 Å². The van der Waals surface area contributed by atoms with Crippen molar-refractivity contribution in [1.82, 2.24) is 0 Å². The van der Waals surface area contributed by atoms with Gasteiger partial charge in [0.2, 0.25) is 11.6 Å². The normalized spacial score (nSPS) is 10.1. The van der Waals surface area contributed by atoms with Crippen molar-refractivity contribution in [3.63, 3.8) is 0 Å². The minimum Gasteiger partial charge on any atom is -0.290 e. The molecular formula is C18H22O4. The van der Waals surface area contributed by atoms with E-state index < -0.39 is 35.0 Å². The van der Waals surface area contributed by atoms with Gasteiger partial charge in [0.15, 0.2) is 0 Å². The molecule has 4 nitrogen and oxygen atoms in total. The summed E-state index contributed by atoms with van der Waals surface area (Å²) in [6, 6.07) is 0. The number of carbonyl (C=O) groups is 4. The third-order valence-corrected chi connectivity index (χ3v) is 3.20. The number of hydrogen-bond donors (Lipinski definition) is 0. The summed E-state index contributed by atoms with van der Waals surface area (Å²) in [5.41, 5.74) is 0. The first-order valence-corrected chi connectivity index (χ1v) is 7.04. The first-order chi connectivity index (χ1) is 10.4.